The van der Waals surface area contributed by atoms with Gasteiger partial charge in [-0.05, 0) is 42.8 Å². The fraction of sp³-hybridized carbons (Fsp3) is 0.176. The normalized spacial score (nSPS) is 10.6. The number of ether oxygens (including phenoxy) is 2. The van der Waals surface area contributed by atoms with Gasteiger partial charge in [0.15, 0.2) is 18.1 Å². The second-order valence-corrected chi connectivity index (χ2v) is 5.85. The van der Waals surface area contributed by atoms with E-state index in [-0.39, 0.29) is 12.4 Å². The van der Waals surface area contributed by atoms with E-state index >= 15 is 0 Å². The van der Waals surface area contributed by atoms with Gasteiger partial charge in [-0.1, -0.05) is 22.0 Å². The summed E-state index contributed by atoms with van der Waals surface area (Å²) in [5, 5.41) is 13.5. The summed E-state index contributed by atoms with van der Waals surface area (Å²) in [6, 6.07) is 10.4. The van der Waals surface area contributed by atoms with Gasteiger partial charge >= 0.3 is 0 Å². The summed E-state index contributed by atoms with van der Waals surface area (Å²) in [6.45, 7) is 1.66. The zero-order valence-corrected chi connectivity index (χ0v) is 14.8. The summed E-state index contributed by atoms with van der Waals surface area (Å²) >= 11 is 3.33. The van der Waals surface area contributed by atoms with E-state index in [1.165, 1.54) is 13.3 Å². The minimum absolute atomic E-state index is 0.101. The number of phenols is 1. The van der Waals surface area contributed by atoms with Gasteiger partial charge in [-0.3, -0.25) is 4.79 Å². The van der Waals surface area contributed by atoms with Gasteiger partial charge in [-0.2, -0.15) is 5.10 Å². The molecule has 0 aliphatic rings. The Morgan fingerprint density at radius 1 is 1.29 bits per heavy atom. The van der Waals surface area contributed by atoms with Gasteiger partial charge in [0.1, 0.15) is 5.75 Å². The molecule has 0 aliphatic heterocycles. The number of methoxy groups -OCH3 is 1. The molecule has 0 saturated heterocycles. The van der Waals surface area contributed by atoms with Crippen LogP contribution in [0.4, 0.5) is 0 Å². The van der Waals surface area contributed by atoms with E-state index in [2.05, 4.69) is 26.5 Å². The minimum atomic E-state index is -0.428. The van der Waals surface area contributed by atoms with Crippen LogP contribution in [0.15, 0.2) is 46.0 Å². The predicted molar refractivity (Wildman–Crippen MR) is 94.8 cm³/mol. The molecule has 0 fully saturated rings. The van der Waals surface area contributed by atoms with Crippen LogP contribution in [0.3, 0.4) is 0 Å². The van der Waals surface area contributed by atoms with Crippen molar-refractivity contribution in [3.05, 3.63) is 52.0 Å². The second kappa shape index (κ2) is 8.35. The maximum atomic E-state index is 11.7. The number of hydrazone groups is 1. The number of aryl methyl sites for hydroxylation is 1. The number of nitrogens with one attached hydrogen (secondary N) is 1. The van der Waals surface area contributed by atoms with Gasteiger partial charge in [0.05, 0.1) is 13.3 Å². The topological polar surface area (TPSA) is 80.2 Å². The summed E-state index contributed by atoms with van der Waals surface area (Å²) in [7, 11) is 1.52. The summed E-state index contributed by atoms with van der Waals surface area (Å²) in [6.07, 6.45) is 1.37. The van der Waals surface area contributed by atoms with Gasteiger partial charge in [-0.25, -0.2) is 5.43 Å². The standard InChI is InChI=1S/C17H17BrN2O4/c1-11-3-4-12(14(21)7-11)9-19-20-17(22)10-24-15-6-5-13(18)8-16(15)23-2/h3-9,21H,10H2,1-2H3,(H,20,22). The van der Waals surface area contributed by atoms with E-state index in [1.54, 1.807) is 30.3 Å². The van der Waals surface area contributed by atoms with Crippen molar-refractivity contribution in [1.29, 1.82) is 0 Å². The maximum absolute atomic E-state index is 11.7. The molecule has 0 aliphatic carbocycles. The predicted octanol–water partition coefficient (Wildman–Crippen LogP) is 3.00. The van der Waals surface area contributed by atoms with Crippen LogP contribution in [0.5, 0.6) is 17.2 Å². The first-order valence-corrected chi connectivity index (χ1v) is 7.86. The number of hydrogen-bond acceptors (Lipinski definition) is 5. The number of amides is 1. The van der Waals surface area contributed by atoms with Crippen molar-refractivity contribution < 1.29 is 19.4 Å². The Labute approximate surface area is 148 Å². The van der Waals surface area contributed by atoms with Gasteiger partial charge < -0.3 is 14.6 Å². The van der Waals surface area contributed by atoms with Crippen LogP contribution in [-0.4, -0.2) is 30.9 Å². The van der Waals surface area contributed by atoms with Gasteiger partial charge in [0.25, 0.3) is 5.91 Å². The highest BCUT2D eigenvalue weighted by Gasteiger charge is 2.07. The van der Waals surface area contributed by atoms with Gasteiger partial charge in [-0.15, -0.1) is 0 Å². The molecule has 126 valence electrons. The molecule has 2 aromatic rings. The third-order valence-corrected chi connectivity index (χ3v) is 3.56. The Hall–Kier alpha value is -2.54. The van der Waals surface area contributed by atoms with Crippen LogP contribution < -0.4 is 14.9 Å². The molecule has 0 radical (unpaired) electrons. The number of hydrogen-bond donors (Lipinski definition) is 2. The highest BCUT2D eigenvalue weighted by atomic mass is 79.9. The lowest BCUT2D eigenvalue weighted by Gasteiger charge is -2.10. The lowest BCUT2D eigenvalue weighted by molar-refractivity contribution is -0.123. The Kier molecular flexibility index (Phi) is 6.20. The number of phenolic OH excluding ortho intramolecular Hbond substituents is 1. The van der Waals surface area contributed by atoms with Crippen molar-refractivity contribution in [2.24, 2.45) is 5.10 Å². The molecule has 2 N–H and O–H groups in total. The molecule has 6 nitrogen and oxygen atoms in total. The summed E-state index contributed by atoms with van der Waals surface area (Å²) in [5.41, 5.74) is 3.78. The van der Waals surface area contributed by atoms with E-state index < -0.39 is 5.91 Å². The van der Waals surface area contributed by atoms with E-state index in [1.807, 2.05) is 13.0 Å². The highest BCUT2D eigenvalue weighted by molar-refractivity contribution is 9.10. The number of carbonyl (C=O) groups is 1. The van der Waals surface area contributed by atoms with Crippen LogP contribution >= 0.6 is 15.9 Å². The number of benzene rings is 2. The highest BCUT2D eigenvalue weighted by Crippen LogP contribution is 2.30. The smallest absolute Gasteiger partial charge is 0.277 e. The molecule has 0 aromatic heterocycles. The Bertz CT molecular complexity index is 762. The van der Waals surface area contributed by atoms with E-state index in [0.29, 0.717) is 17.1 Å². The monoisotopic (exact) mass is 392 g/mol. The van der Waals surface area contributed by atoms with Crippen molar-refractivity contribution >= 4 is 28.1 Å². The number of rotatable bonds is 6. The molecular formula is C17H17BrN2O4. The van der Waals surface area contributed by atoms with E-state index in [9.17, 15) is 9.90 Å². The largest absolute Gasteiger partial charge is 0.507 e. The van der Waals surface area contributed by atoms with Crippen LogP contribution in [0, 0.1) is 6.92 Å². The summed E-state index contributed by atoms with van der Waals surface area (Å²) in [5.74, 6) is 0.646. The first-order valence-electron chi connectivity index (χ1n) is 7.07. The SMILES string of the molecule is COc1cc(Br)ccc1OCC(=O)NN=Cc1ccc(C)cc1O. The average Bonchev–Trinajstić information content (AvgIpc) is 2.55. The van der Waals surface area contributed by atoms with Crippen LogP contribution in [0.25, 0.3) is 0 Å². The maximum Gasteiger partial charge on any atom is 0.277 e. The van der Waals surface area contributed by atoms with Crippen LogP contribution in [0.2, 0.25) is 0 Å². The van der Waals surface area contributed by atoms with Crippen LogP contribution in [-0.2, 0) is 4.79 Å². The van der Waals surface area contributed by atoms with Gasteiger partial charge in [0, 0.05) is 10.0 Å². The van der Waals surface area contributed by atoms with E-state index in [4.69, 9.17) is 9.47 Å². The van der Waals surface area contributed by atoms with Crippen molar-refractivity contribution in [3.63, 3.8) is 0 Å². The van der Waals surface area contributed by atoms with E-state index in [0.717, 1.165) is 10.0 Å². The fourth-order valence-electron chi connectivity index (χ4n) is 1.87. The molecule has 0 unspecified atom stereocenters. The minimum Gasteiger partial charge on any atom is -0.507 e. The number of aromatic hydroxyl groups is 1. The van der Waals surface area contributed by atoms with Crippen molar-refractivity contribution in [2.45, 2.75) is 6.92 Å². The summed E-state index contributed by atoms with van der Waals surface area (Å²) in [4.78, 5) is 11.7. The quantitative estimate of drug-likeness (QED) is 0.584. The van der Waals surface area contributed by atoms with Crippen LogP contribution in [0.1, 0.15) is 11.1 Å². The second-order valence-electron chi connectivity index (χ2n) is 4.94. The summed E-state index contributed by atoms with van der Waals surface area (Å²) < 4.78 is 11.4. The third kappa shape index (κ3) is 4.99. The molecule has 0 spiro atoms. The Morgan fingerprint density at radius 3 is 2.79 bits per heavy atom. The fourth-order valence-corrected chi connectivity index (χ4v) is 2.21. The Balaban J connectivity index is 1.88. The first-order chi connectivity index (χ1) is 11.5. The number of halogens is 1. The number of carbonyl (C=O) groups excluding carboxylic acids is 1. The molecular weight excluding hydrogens is 376 g/mol. The van der Waals surface area contributed by atoms with Crippen molar-refractivity contribution in [1.82, 2.24) is 5.43 Å². The zero-order chi connectivity index (χ0) is 17.5. The molecule has 0 saturated carbocycles. The lowest BCUT2D eigenvalue weighted by Crippen LogP contribution is -2.24. The molecule has 0 atom stereocenters. The molecule has 2 rings (SSSR count). The number of nitrogens with zero attached hydrogens (tertiary/aromatic N) is 1. The van der Waals surface area contributed by atoms with Crippen molar-refractivity contribution in [3.8, 4) is 17.2 Å². The third-order valence-electron chi connectivity index (χ3n) is 3.06. The molecule has 0 bridgehead atoms. The van der Waals surface area contributed by atoms with Gasteiger partial charge in [0.2, 0.25) is 0 Å². The molecule has 2 aromatic carbocycles. The van der Waals surface area contributed by atoms with Crippen molar-refractivity contribution in [2.75, 3.05) is 13.7 Å². The molecule has 1 amide bonds. The molecule has 7 heteroatoms. The lowest BCUT2D eigenvalue weighted by atomic mass is 10.1. The molecule has 24 heavy (non-hydrogen) atoms. The molecule has 0 heterocycles. The Morgan fingerprint density at radius 2 is 2.08 bits per heavy atom. The average molecular weight is 393 g/mol. The first kappa shape index (κ1) is 17.8. The zero-order valence-electron chi connectivity index (χ0n) is 13.2.